The maximum Gasteiger partial charge on any atom is 0.408 e. The van der Waals surface area contributed by atoms with Gasteiger partial charge in [-0.2, -0.15) is 0 Å². The van der Waals surface area contributed by atoms with E-state index in [9.17, 15) is 24.3 Å². The van der Waals surface area contributed by atoms with Gasteiger partial charge in [0.1, 0.15) is 18.7 Å². The van der Waals surface area contributed by atoms with Crippen molar-refractivity contribution >= 4 is 23.9 Å². The van der Waals surface area contributed by atoms with Gasteiger partial charge >= 0.3 is 18.0 Å². The number of carbonyl (C=O) groups excluding carboxylic acids is 2. The molecule has 0 aliphatic heterocycles. The monoisotopic (exact) mass is 575 g/mol. The van der Waals surface area contributed by atoms with E-state index in [0.29, 0.717) is 0 Å². The normalized spacial score (nSPS) is 17.4. The predicted molar refractivity (Wildman–Crippen MR) is 156 cm³/mol. The van der Waals surface area contributed by atoms with Crippen LogP contribution in [-0.2, 0) is 25.7 Å². The van der Waals surface area contributed by atoms with Crippen LogP contribution in [0.4, 0.5) is 4.79 Å². The first kappa shape index (κ1) is 34.1. The maximum atomic E-state index is 12.4. The number of nitrogens with one attached hydrogen (secondary N) is 3. The summed E-state index contributed by atoms with van der Waals surface area (Å²) < 4.78 is 5.04. The van der Waals surface area contributed by atoms with Crippen LogP contribution in [0.3, 0.4) is 0 Å². The Balaban J connectivity index is 0.000000372. The summed E-state index contributed by atoms with van der Waals surface area (Å²) in [5.41, 5.74) is 0.743. The van der Waals surface area contributed by atoms with Crippen molar-refractivity contribution < 1.29 is 34.1 Å². The Kier molecular flexibility index (Phi) is 15.8. The topological polar surface area (TPSA) is 154 Å². The fourth-order valence-corrected chi connectivity index (χ4v) is 5.28. The minimum atomic E-state index is -1.23. The Morgan fingerprint density at radius 2 is 1.39 bits per heavy atom. The molecule has 3 rings (SSSR count). The molecular weight excluding hydrogens is 526 g/mol. The van der Waals surface area contributed by atoms with Gasteiger partial charge in [-0.3, -0.25) is 9.59 Å². The van der Waals surface area contributed by atoms with Gasteiger partial charge in [-0.15, -0.1) is 0 Å². The van der Waals surface area contributed by atoms with Gasteiger partial charge in [-0.05, 0) is 50.0 Å². The number of benzene rings is 1. The number of carbonyl (C=O) groups is 4. The van der Waals surface area contributed by atoms with Gasteiger partial charge in [0.15, 0.2) is 0 Å². The van der Waals surface area contributed by atoms with Crippen molar-refractivity contribution in [3.63, 3.8) is 0 Å². The van der Waals surface area contributed by atoms with Gasteiger partial charge < -0.3 is 30.9 Å². The molecule has 2 saturated carbocycles. The van der Waals surface area contributed by atoms with Crippen molar-refractivity contribution in [3.8, 4) is 0 Å². The zero-order chi connectivity index (χ0) is 30.0. The van der Waals surface area contributed by atoms with E-state index in [1.54, 1.807) is 24.3 Å². The third-order valence-electron chi connectivity index (χ3n) is 7.47. The molecule has 10 nitrogen and oxygen atoms in total. The minimum Gasteiger partial charge on any atom is -0.481 e. The Hall–Kier alpha value is -3.14. The molecule has 0 bridgehead atoms. The zero-order valence-electron chi connectivity index (χ0n) is 24.6. The first-order chi connectivity index (χ1) is 19.6. The summed E-state index contributed by atoms with van der Waals surface area (Å²) in [7, 11) is 0. The number of hydrogen-bond donors (Lipinski definition) is 5. The van der Waals surface area contributed by atoms with Crippen LogP contribution in [0.2, 0.25) is 0 Å². The Bertz CT molecular complexity index is 913. The number of alkyl carbamates (subject to hydrolysis) is 1. The molecule has 10 heteroatoms. The molecule has 2 amide bonds. The Morgan fingerprint density at radius 1 is 0.829 bits per heavy atom. The molecule has 0 heterocycles. The lowest BCUT2D eigenvalue weighted by Crippen LogP contribution is -2.52. The predicted octanol–water partition coefficient (Wildman–Crippen LogP) is 5.00. The van der Waals surface area contributed by atoms with Gasteiger partial charge in [0.05, 0.1) is 0 Å². The van der Waals surface area contributed by atoms with E-state index >= 15 is 0 Å². The van der Waals surface area contributed by atoms with E-state index < -0.39 is 36.0 Å². The molecule has 0 aromatic heterocycles. The summed E-state index contributed by atoms with van der Waals surface area (Å²) in [6, 6.07) is 8.26. The van der Waals surface area contributed by atoms with Crippen LogP contribution in [-0.4, -0.2) is 58.3 Å². The molecular formula is C31H49N3O7. The van der Waals surface area contributed by atoms with E-state index in [0.717, 1.165) is 17.6 Å². The number of hydrogen-bond acceptors (Lipinski definition) is 6. The molecule has 2 aliphatic carbocycles. The average Bonchev–Trinajstić information content (AvgIpc) is 2.95. The number of rotatable bonds is 13. The number of amides is 2. The summed E-state index contributed by atoms with van der Waals surface area (Å²) in [6.45, 7) is 3.59. The van der Waals surface area contributed by atoms with Crippen LogP contribution in [0.5, 0.6) is 0 Å². The third kappa shape index (κ3) is 14.9. The van der Waals surface area contributed by atoms with Gasteiger partial charge in [0.25, 0.3) is 0 Å². The molecule has 2 aliphatic rings. The van der Waals surface area contributed by atoms with Crippen molar-refractivity contribution in [1.29, 1.82) is 0 Å². The lowest BCUT2D eigenvalue weighted by atomic mass is 9.91. The molecule has 0 saturated heterocycles. The molecule has 2 fully saturated rings. The average molecular weight is 576 g/mol. The highest BCUT2D eigenvalue weighted by Gasteiger charge is 2.28. The number of carboxylic acids is 2. The molecule has 0 unspecified atom stereocenters. The first-order valence-corrected chi connectivity index (χ1v) is 15.1. The molecule has 1 aromatic rings. The van der Waals surface area contributed by atoms with Crippen LogP contribution >= 0.6 is 0 Å². The highest BCUT2D eigenvalue weighted by Crippen LogP contribution is 2.22. The molecule has 0 spiro atoms. The van der Waals surface area contributed by atoms with E-state index in [1.807, 2.05) is 19.9 Å². The molecule has 5 N–H and O–H groups in total. The zero-order valence-corrected chi connectivity index (χ0v) is 24.6. The van der Waals surface area contributed by atoms with Crippen LogP contribution in [0, 0.1) is 5.92 Å². The van der Waals surface area contributed by atoms with E-state index in [2.05, 4.69) is 16.0 Å². The van der Waals surface area contributed by atoms with Crippen molar-refractivity contribution in [1.82, 2.24) is 16.0 Å². The lowest BCUT2D eigenvalue weighted by Gasteiger charge is -2.30. The lowest BCUT2D eigenvalue weighted by molar-refractivity contribution is -0.143. The molecule has 1 aromatic carbocycles. The summed E-state index contributed by atoms with van der Waals surface area (Å²) in [4.78, 5) is 46.6. The van der Waals surface area contributed by atoms with Crippen molar-refractivity contribution in [2.75, 3.05) is 0 Å². The van der Waals surface area contributed by atoms with E-state index in [-0.39, 0.29) is 31.8 Å². The van der Waals surface area contributed by atoms with E-state index in [1.165, 1.54) is 64.2 Å². The SMILES string of the molecule is C1CCC(NC2CCCCC2)CC1.CC(C)C[C@H](NC(=O)[C@H](CCC(=O)O)NC(=O)OCc1ccccc1)C(=O)O. The second-order valence-corrected chi connectivity index (χ2v) is 11.6. The largest absolute Gasteiger partial charge is 0.481 e. The summed E-state index contributed by atoms with van der Waals surface area (Å²) in [5, 5.41) is 26.6. The summed E-state index contributed by atoms with van der Waals surface area (Å²) in [6.07, 6.45) is 13.3. The second kappa shape index (κ2) is 19.1. The highest BCUT2D eigenvalue weighted by molar-refractivity contribution is 5.89. The van der Waals surface area contributed by atoms with Crippen molar-refractivity contribution in [2.24, 2.45) is 5.92 Å². The summed E-state index contributed by atoms with van der Waals surface area (Å²) in [5.74, 6) is -3.10. The van der Waals surface area contributed by atoms with Gasteiger partial charge in [0.2, 0.25) is 5.91 Å². The molecule has 41 heavy (non-hydrogen) atoms. The Labute approximate surface area is 244 Å². The molecule has 230 valence electrons. The van der Waals surface area contributed by atoms with Crippen LogP contribution < -0.4 is 16.0 Å². The smallest absolute Gasteiger partial charge is 0.408 e. The quantitative estimate of drug-likeness (QED) is 0.220. The van der Waals surface area contributed by atoms with Crippen LogP contribution in [0.1, 0.15) is 103 Å². The van der Waals surface area contributed by atoms with Gasteiger partial charge in [-0.25, -0.2) is 9.59 Å². The first-order valence-electron chi connectivity index (χ1n) is 15.1. The maximum absolute atomic E-state index is 12.4. The number of carboxylic acid groups (broad SMARTS) is 2. The number of aliphatic carboxylic acids is 2. The second-order valence-electron chi connectivity index (χ2n) is 11.6. The fraction of sp³-hybridized carbons (Fsp3) is 0.677. The van der Waals surface area contributed by atoms with Crippen LogP contribution in [0.15, 0.2) is 30.3 Å². The van der Waals surface area contributed by atoms with Crippen molar-refractivity contribution in [3.05, 3.63) is 35.9 Å². The fourth-order valence-electron chi connectivity index (χ4n) is 5.28. The van der Waals surface area contributed by atoms with Gasteiger partial charge in [-0.1, -0.05) is 82.7 Å². The summed E-state index contributed by atoms with van der Waals surface area (Å²) >= 11 is 0. The highest BCUT2D eigenvalue weighted by atomic mass is 16.5. The molecule has 0 radical (unpaired) electrons. The minimum absolute atomic E-state index is 0.0164. The van der Waals surface area contributed by atoms with Crippen molar-refractivity contribution in [2.45, 2.75) is 128 Å². The standard InChI is InChI=1S/C19H26N2O7.C12H23N/c1-12(2)10-15(18(25)26)20-17(24)14(8-9-16(22)23)21-19(27)28-11-13-6-4-3-5-7-13;1-3-7-11(8-4-1)13-12-9-5-2-6-10-12/h3-7,12,14-15H,8-11H2,1-2H3,(H,20,24)(H,21,27)(H,22,23)(H,25,26);11-13H,1-10H2/t14-,15-;/m0./s1. The Morgan fingerprint density at radius 3 is 1.88 bits per heavy atom. The van der Waals surface area contributed by atoms with E-state index in [4.69, 9.17) is 9.84 Å². The number of ether oxygens (including phenoxy) is 1. The third-order valence-corrected chi connectivity index (χ3v) is 7.47. The van der Waals surface area contributed by atoms with Gasteiger partial charge in [0, 0.05) is 18.5 Å². The molecule has 2 atom stereocenters. The van der Waals surface area contributed by atoms with Crippen LogP contribution in [0.25, 0.3) is 0 Å².